The van der Waals surface area contributed by atoms with Crippen molar-refractivity contribution in [2.75, 3.05) is 6.61 Å². The summed E-state index contributed by atoms with van der Waals surface area (Å²) >= 11 is 0. The summed E-state index contributed by atoms with van der Waals surface area (Å²) < 4.78 is 31.3. The average molecular weight is 363 g/mol. The molecule has 0 heterocycles. The molecule has 0 saturated carbocycles. The Kier molecular flexibility index (Phi) is 5.06. The minimum absolute atomic E-state index is 0.0889. The first-order chi connectivity index (χ1) is 12.6. The fourth-order valence-electron chi connectivity index (χ4n) is 2.73. The van der Waals surface area contributed by atoms with E-state index in [-0.39, 0.29) is 9.80 Å². The summed E-state index contributed by atoms with van der Waals surface area (Å²) in [5.74, 6) is 0.544. The predicted octanol–water partition coefficient (Wildman–Crippen LogP) is 4.58. The van der Waals surface area contributed by atoms with Gasteiger partial charge in [-0.25, -0.2) is 8.42 Å². The van der Waals surface area contributed by atoms with Crippen LogP contribution >= 0.6 is 0 Å². The number of hydrogen-bond donors (Lipinski definition) is 0. The molecule has 0 amide bonds. The van der Waals surface area contributed by atoms with Crippen LogP contribution in [0.2, 0.25) is 0 Å². The van der Waals surface area contributed by atoms with Crippen LogP contribution in [-0.4, -0.2) is 15.0 Å². The Morgan fingerprint density at radius 1 is 1.04 bits per heavy atom. The third kappa shape index (κ3) is 3.32. The Morgan fingerprint density at radius 2 is 1.73 bits per heavy atom. The molecule has 0 aliphatic carbocycles. The predicted molar refractivity (Wildman–Crippen MR) is 102 cm³/mol. The number of allylic oxidation sites excluding steroid dienone is 1. The number of fused-ring (bicyclic) bond motifs is 1. The second-order valence-electron chi connectivity index (χ2n) is 5.57. The second-order valence-corrected chi connectivity index (χ2v) is 7.49. The molecule has 0 fully saturated rings. The highest BCUT2D eigenvalue weighted by molar-refractivity contribution is 7.95. The molecule has 0 aromatic heterocycles. The zero-order chi connectivity index (χ0) is 18.6. The van der Waals surface area contributed by atoms with Gasteiger partial charge >= 0.3 is 0 Å². The lowest BCUT2D eigenvalue weighted by molar-refractivity contribution is 0.340. The summed E-state index contributed by atoms with van der Waals surface area (Å²) in [5.41, 5.74) is 0.584. The van der Waals surface area contributed by atoms with E-state index in [2.05, 4.69) is 0 Å². The van der Waals surface area contributed by atoms with Crippen molar-refractivity contribution in [3.63, 3.8) is 0 Å². The molecule has 0 saturated heterocycles. The Balaban J connectivity index is 2.25. The van der Waals surface area contributed by atoms with Crippen molar-refractivity contribution < 1.29 is 13.2 Å². The van der Waals surface area contributed by atoms with Crippen molar-refractivity contribution in [1.29, 1.82) is 5.26 Å². The molecule has 3 aromatic rings. The molecule has 0 radical (unpaired) electrons. The molecule has 130 valence electrons. The molecule has 0 N–H and O–H groups in total. The Labute approximate surface area is 152 Å². The van der Waals surface area contributed by atoms with E-state index in [1.54, 1.807) is 24.3 Å². The lowest BCUT2D eigenvalue weighted by atomic mass is 10.0. The quantitative estimate of drug-likeness (QED) is 0.623. The first-order valence-corrected chi connectivity index (χ1v) is 9.62. The maximum atomic E-state index is 12.8. The van der Waals surface area contributed by atoms with Gasteiger partial charge in [-0.05, 0) is 42.0 Å². The van der Waals surface area contributed by atoms with Gasteiger partial charge in [0.25, 0.3) is 0 Å². The van der Waals surface area contributed by atoms with Gasteiger partial charge < -0.3 is 4.74 Å². The van der Waals surface area contributed by atoms with Crippen molar-refractivity contribution in [2.45, 2.75) is 11.8 Å². The van der Waals surface area contributed by atoms with Gasteiger partial charge in [-0.2, -0.15) is 5.26 Å². The highest BCUT2D eigenvalue weighted by Gasteiger charge is 2.21. The van der Waals surface area contributed by atoms with Crippen molar-refractivity contribution in [3.8, 4) is 11.8 Å². The van der Waals surface area contributed by atoms with Crippen LogP contribution in [-0.2, 0) is 9.84 Å². The normalized spacial score (nSPS) is 11.9. The maximum absolute atomic E-state index is 12.8. The summed E-state index contributed by atoms with van der Waals surface area (Å²) in [5, 5.41) is 11.3. The van der Waals surface area contributed by atoms with E-state index >= 15 is 0 Å². The van der Waals surface area contributed by atoms with Gasteiger partial charge in [0.1, 0.15) is 16.7 Å². The summed E-state index contributed by atoms with van der Waals surface area (Å²) in [6, 6.07) is 21.1. The molecular formula is C21H17NO3S. The highest BCUT2D eigenvalue weighted by atomic mass is 32.2. The van der Waals surface area contributed by atoms with Crippen LogP contribution < -0.4 is 4.74 Å². The summed E-state index contributed by atoms with van der Waals surface area (Å²) in [6.07, 6.45) is 1.40. The highest BCUT2D eigenvalue weighted by Crippen LogP contribution is 2.32. The number of benzene rings is 3. The SMILES string of the molecule is CCOc1ccc2ccccc2c1C=C(C#N)S(=O)(=O)c1ccccc1. The number of nitrogens with zero attached hydrogens (tertiary/aromatic N) is 1. The van der Waals surface area contributed by atoms with Gasteiger partial charge in [-0.3, -0.25) is 0 Å². The van der Waals surface area contributed by atoms with E-state index in [9.17, 15) is 13.7 Å². The summed E-state index contributed by atoms with van der Waals surface area (Å²) in [4.78, 5) is -0.230. The molecule has 3 aromatic carbocycles. The average Bonchev–Trinajstić information content (AvgIpc) is 2.67. The van der Waals surface area contributed by atoms with E-state index in [0.717, 1.165) is 10.8 Å². The lowest BCUT2D eigenvalue weighted by Crippen LogP contribution is -2.04. The van der Waals surface area contributed by atoms with Crippen molar-refractivity contribution in [1.82, 2.24) is 0 Å². The standard InChI is InChI=1S/C21H17NO3S/c1-2-25-21-13-12-16-8-6-7-11-19(16)20(21)14-18(15-22)26(23,24)17-9-4-3-5-10-17/h3-14H,2H2,1H3. The monoisotopic (exact) mass is 363 g/mol. The Hall–Kier alpha value is -3.10. The number of sulfone groups is 1. The van der Waals surface area contributed by atoms with Gasteiger partial charge in [0.2, 0.25) is 9.84 Å². The third-order valence-electron chi connectivity index (χ3n) is 3.96. The van der Waals surface area contributed by atoms with Gasteiger partial charge in [-0.15, -0.1) is 0 Å². The first kappa shape index (κ1) is 17.7. The van der Waals surface area contributed by atoms with Gasteiger partial charge in [0, 0.05) is 5.56 Å². The van der Waals surface area contributed by atoms with Crippen LogP contribution in [0.3, 0.4) is 0 Å². The minimum Gasteiger partial charge on any atom is -0.493 e. The maximum Gasteiger partial charge on any atom is 0.216 e. The molecular weight excluding hydrogens is 346 g/mol. The van der Waals surface area contributed by atoms with Crippen LogP contribution in [0.1, 0.15) is 12.5 Å². The molecule has 0 unspecified atom stereocenters. The summed E-state index contributed by atoms with van der Waals surface area (Å²) in [6.45, 7) is 2.29. The first-order valence-electron chi connectivity index (χ1n) is 8.14. The van der Waals surface area contributed by atoms with Crippen LogP contribution in [0.25, 0.3) is 16.8 Å². The van der Waals surface area contributed by atoms with Crippen LogP contribution in [0.5, 0.6) is 5.75 Å². The third-order valence-corrected chi connectivity index (χ3v) is 5.64. The van der Waals surface area contributed by atoms with Crippen LogP contribution in [0, 0.1) is 11.3 Å². The Bertz CT molecular complexity index is 1110. The number of ether oxygens (including phenoxy) is 1. The zero-order valence-corrected chi connectivity index (χ0v) is 15.0. The molecule has 0 aliphatic rings. The minimum atomic E-state index is -3.91. The van der Waals surface area contributed by atoms with E-state index in [4.69, 9.17) is 4.74 Å². The molecule has 0 bridgehead atoms. The van der Waals surface area contributed by atoms with E-state index < -0.39 is 9.84 Å². The van der Waals surface area contributed by atoms with E-state index in [1.807, 2.05) is 43.3 Å². The summed E-state index contributed by atoms with van der Waals surface area (Å²) in [7, 11) is -3.91. The smallest absolute Gasteiger partial charge is 0.216 e. The fraction of sp³-hybridized carbons (Fsp3) is 0.0952. The number of nitriles is 1. The van der Waals surface area contributed by atoms with Crippen LogP contribution in [0.4, 0.5) is 0 Å². The number of rotatable bonds is 5. The number of hydrogen-bond acceptors (Lipinski definition) is 4. The zero-order valence-electron chi connectivity index (χ0n) is 14.2. The molecule has 3 rings (SSSR count). The molecule has 0 spiro atoms. The molecule has 26 heavy (non-hydrogen) atoms. The van der Waals surface area contributed by atoms with Crippen LogP contribution in [0.15, 0.2) is 76.5 Å². The molecule has 0 aliphatic heterocycles. The fourth-order valence-corrected chi connectivity index (χ4v) is 3.90. The molecule has 4 nitrogen and oxygen atoms in total. The topological polar surface area (TPSA) is 67.2 Å². The Morgan fingerprint density at radius 3 is 2.42 bits per heavy atom. The van der Waals surface area contributed by atoms with Crippen molar-refractivity contribution in [2.24, 2.45) is 0 Å². The molecule has 5 heteroatoms. The van der Waals surface area contributed by atoms with Gasteiger partial charge in [-0.1, -0.05) is 48.5 Å². The van der Waals surface area contributed by atoms with Crippen molar-refractivity contribution >= 4 is 26.7 Å². The second kappa shape index (κ2) is 7.42. The van der Waals surface area contributed by atoms with Gasteiger partial charge in [0.15, 0.2) is 0 Å². The molecule has 0 atom stereocenters. The largest absolute Gasteiger partial charge is 0.493 e. The van der Waals surface area contributed by atoms with E-state index in [0.29, 0.717) is 17.9 Å². The van der Waals surface area contributed by atoms with Gasteiger partial charge in [0.05, 0.1) is 11.5 Å². The van der Waals surface area contributed by atoms with E-state index in [1.165, 1.54) is 18.2 Å². The lowest BCUT2D eigenvalue weighted by Gasteiger charge is -2.11. The van der Waals surface area contributed by atoms with Crippen molar-refractivity contribution in [3.05, 3.63) is 77.2 Å².